The van der Waals surface area contributed by atoms with Crippen LogP contribution >= 0.6 is 0 Å². The second kappa shape index (κ2) is 7.39. The van der Waals surface area contributed by atoms with Crippen molar-refractivity contribution in [3.05, 3.63) is 59.7 Å². The summed E-state index contributed by atoms with van der Waals surface area (Å²) in [7, 11) is 0. The third kappa shape index (κ3) is 3.91. The second-order valence-corrected chi connectivity index (χ2v) is 6.42. The highest BCUT2D eigenvalue weighted by Gasteiger charge is 2.33. The van der Waals surface area contributed by atoms with Crippen molar-refractivity contribution in [1.29, 1.82) is 0 Å². The van der Waals surface area contributed by atoms with E-state index in [9.17, 15) is 14.4 Å². The molecule has 134 valence electrons. The molecule has 1 aliphatic heterocycles. The Hall–Kier alpha value is -3.15. The molecule has 3 rings (SSSR count). The van der Waals surface area contributed by atoms with Crippen LogP contribution in [0.1, 0.15) is 22.8 Å². The zero-order valence-corrected chi connectivity index (χ0v) is 14.4. The van der Waals surface area contributed by atoms with E-state index in [1.165, 1.54) is 6.92 Å². The molecule has 2 aromatic carbocycles. The number of carbonyl (C=O) groups excluding carboxylic acids is 2. The Morgan fingerprint density at radius 1 is 1.08 bits per heavy atom. The number of rotatable bonds is 5. The number of carboxylic acid groups (broad SMARTS) is 1. The normalized spacial score (nSPS) is 13.8. The highest BCUT2D eigenvalue weighted by Crippen LogP contribution is 2.21. The van der Waals surface area contributed by atoms with E-state index in [4.69, 9.17) is 5.11 Å². The summed E-state index contributed by atoms with van der Waals surface area (Å²) < 4.78 is 0. The maximum absolute atomic E-state index is 12.1. The SMILES string of the molecule is CC(=O)N1CC(C(=O)NCc2cccc(-c3ccc(C(=O)O)cc3)c2)C1. The van der Waals surface area contributed by atoms with E-state index < -0.39 is 5.97 Å². The number of hydrogen-bond acceptors (Lipinski definition) is 3. The van der Waals surface area contributed by atoms with Gasteiger partial charge in [0.25, 0.3) is 0 Å². The van der Waals surface area contributed by atoms with Gasteiger partial charge in [-0.3, -0.25) is 9.59 Å². The van der Waals surface area contributed by atoms with Crippen molar-refractivity contribution in [3.8, 4) is 11.1 Å². The molecule has 1 heterocycles. The molecule has 0 saturated carbocycles. The fourth-order valence-electron chi connectivity index (χ4n) is 2.90. The molecule has 2 N–H and O–H groups in total. The van der Waals surface area contributed by atoms with Gasteiger partial charge < -0.3 is 15.3 Å². The van der Waals surface area contributed by atoms with E-state index >= 15 is 0 Å². The summed E-state index contributed by atoms with van der Waals surface area (Å²) in [4.78, 5) is 35.9. The van der Waals surface area contributed by atoms with Crippen LogP contribution in [0.25, 0.3) is 11.1 Å². The third-order valence-corrected chi connectivity index (χ3v) is 4.56. The van der Waals surface area contributed by atoms with Crippen molar-refractivity contribution in [2.75, 3.05) is 13.1 Å². The van der Waals surface area contributed by atoms with Gasteiger partial charge >= 0.3 is 5.97 Å². The Balaban J connectivity index is 1.60. The van der Waals surface area contributed by atoms with Gasteiger partial charge in [0.05, 0.1) is 11.5 Å². The van der Waals surface area contributed by atoms with Gasteiger partial charge in [-0.1, -0.05) is 30.3 Å². The lowest BCUT2D eigenvalue weighted by Crippen LogP contribution is -2.55. The predicted octanol–water partition coefficient (Wildman–Crippen LogP) is 2.15. The Bertz CT molecular complexity index is 839. The molecule has 1 aliphatic rings. The van der Waals surface area contributed by atoms with Gasteiger partial charge in [-0.25, -0.2) is 4.79 Å². The summed E-state index contributed by atoms with van der Waals surface area (Å²) in [5, 5.41) is 11.9. The van der Waals surface area contributed by atoms with Crippen LogP contribution < -0.4 is 5.32 Å². The molecule has 1 saturated heterocycles. The summed E-state index contributed by atoms with van der Waals surface area (Å²) in [6.07, 6.45) is 0. The van der Waals surface area contributed by atoms with Gasteiger partial charge in [0.1, 0.15) is 0 Å². The molecule has 0 unspecified atom stereocenters. The van der Waals surface area contributed by atoms with Gasteiger partial charge in [0, 0.05) is 26.6 Å². The van der Waals surface area contributed by atoms with Crippen LogP contribution in [0, 0.1) is 5.92 Å². The zero-order valence-electron chi connectivity index (χ0n) is 14.4. The number of aromatic carboxylic acids is 1. The summed E-state index contributed by atoms with van der Waals surface area (Å²) in [6, 6.07) is 14.4. The number of hydrogen-bond donors (Lipinski definition) is 2. The van der Waals surface area contributed by atoms with Crippen LogP contribution in [0.15, 0.2) is 48.5 Å². The molecule has 2 aromatic rings. The molecule has 0 aromatic heterocycles. The van der Waals surface area contributed by atoms with Crippen LogP contribution in [-0.2, 0) is 16.1 Å². The molecule has 0 radical (unpaired) electrons. The van der Waals surface area contributed by atoms with Gasteiger partial charge in [-0.2, -0.15) is 0 Å². The van der Waals surface area contributed by atoms with E-state index in [2.05, 4.69) is 5.32 Å². The van der Waals surface area contributed by atoms with E-state index in [-0.39, 0.29) is 23.3 Å². The number of carbonyl (C=O) groups is 3. The van der Waals surface area contributed by atoms with Gasteiger partial charge in [0.2, 0.25) is 11.8 Å². The molecule has 26 heavy (non-hydrogen) atoms. The lowest BCUT2D eigenvalue weighted by Gasteiger charge is -2.37. The Morgan fingerprint density at radius 2 is 1.77 bits per heavy atom. The lowest BCUT2D eigenvalue weighted by molar-refractivity contribution is -0.141. The number of carboxylic acids is 1. The fraction of sp³-hybridized carbons (Fsp3) is 0.250. The standard InChI is InChI=1S/C20H20N2O4/c1-13(23)22-11-18(12-22)19(24)21-10-14-3-2-4-17(9-14)15-5-7-16(8-6-15)20(25)26/h2-9,18H,10-12H2,1H3,(H,21,24)(H,25,26). The first-order valence-corrected chi connectivity index (χ1v) is 8.40. The minimum atomic E-state index is -0.952. The number of likely N-dealkylation sites (tertiary alicyclic amines) is 1. The summed E-state index contributed by atoms with van der Waals surface area (Å²) in [5.41, 5.74) is 3.08. The molecule has 6 nitrogen and oxygen atoms in total. The van der Waals surface area contributed by atoms with Crippen molar-refractivity contribution in [2.24, 2.45) is 5.92 Å². The summed E-state index contributed by atoms with van der Waals surface area (Å²) >= 11 is 0. The number of amides is 2. The quantitative estimate of drug-likeness (QED) is 0.863. The summed E-state index contributed by atoms with van der Waals surface area (Å²) in [5.74, 6) is -1.13. The topological polar surface area (TPSA) is 86.7 Å². The monoisotopic (exact) mass is 352 g/mol. The number of nitrogens with one attached hydrogen (secondary N) is 1. The molecular formula is C20H20N2O4. The predicted molar refractivity (Wildman–Crippen MR) is 96.4 cm³/mol. The van der Waals surface area contributed by atoms with Crippen LogP contribution in [0.2, 0.25) is 0 Å². The van der Waals surface area contributed by atoms with Crippen LogP contribution in [0.5, 0.6) is 0 Å². The van der Waals surface area contributed by atoms with E-state index in [1.54, 1.807) is 29.2 Å². The largest absolute Gasteiger partial charge is 0.478 e. The van der Waals surface area contributed by atoms with Crippen molar-refractivity contribution >= 4 is 17.8 Å². The van der Waals surface area contributed by atoms with Crippen LogP contribution in [-0.4, -0.2) is 40.9 Å². The van der Waals surface area contributed by atoms with Crippen molar-refractivity contribution in [1.82, 2.24) is 10.2 Å². The van der Waals surface area contributed by atoms with Gasteiger partial charge in [-0.15, -0.1) is 0 Å². The lowest BCUT2D eigenvalue weighted by atomic mass is 9.98. The average Bonchev–Trinajstić information content (AvgIpc) is 2.58. The highest BCUT2D eigenvalue weighted by atomic mass is 16.4. The minimum Gasteiger partial charge on any atom is -0.478 e. The number of benzene rings is 2. The third-order valence-electron chi connectivity index (χ3n) is 4.56. The molecule has 0 atom stereocenters. The van der Waals surface area contributed by atoms with Crippen LogP contribution in [0.4, 0.5) is 0 Å². The first-order chi connectivity index (χ1) is 12.4. The Morgan fingerprint density at radius 3 is 2.38 bits per heavy atom. The van der Waals surface area contributed by atoms with Crippen molar-refractivity contribution in [2.45, 2.75) is 13.5 Å². The molecule has 6 heteroatoms. The molecule has 0 bridgehead atoms. The first-order valence-electron chi connectivity index (χ1n) is 8.40. The fourth-order valence-corrected chi connectivity index (χ4v) is 2.90. The molecule has 2 amide bonds. The van der Waals surface area contributed by atoms with Gasteiger partial charge in [-0.05, 0) is 34.9 Å². The molecule has 0 aliphatic carbocycles. The summed E-state index contributed by atoms with van der Waals surface area (Å²) in [6.45, 7) is 2.88. The molecule has 0 spiro atoms. The van der Waals surface area contributed by atoms with E-state index in [0.29, 0.717) is 19.6 Å². The highest BCUT2D eigenvalue weighted by molar-refractivity contribution is 5.88. The smallest absolute Gasteiger partial charge is 0.335 e. The van der Waals surface area contributed by atoms with Gasteiger partial charge in [0.15, 0.2) is 0 Å². The molecular weight excluding hydrogens is 332 g/mol. The zero-order chi connectivity index (χ0) is 18.7. The average molecular weight is 352 g/mol. The van der Waals surface area contributed by atoms with E-state index in [1.807, 2.05) is 24.3 Å². The van der Waals surface area contributed by atoms with E-state index in [0.717, 1.165) is 16.7 Å². The maximum Gasteiger partial charge on any atom is 0.335 e. The first kappa shape index (κ1) is 17.7. The maximum atomic E-state index is 12.1. The van der Waals surface area contributed by atoms with Crippen molar-refractivity contribution in [3.63, 3.8) is 0 Å². The second-order valence-electron chi connectivity index (χ2n) is 6.42. The van der Waals surface area contributed by atoms with Crippen LogP contribution in [0.3, 0.4) is 0 Å². The Labute approximate surface area is 151 Å². The Kier molecular flexibility index (Phi) is 5.02. The minimum absolute atomic E-state index is 0.00401. The van der Waals surface area contributed by atoms with Crippen molar-refractivity contribution < 1.29 is 19.5 Å². The molecule has 1 fully saturated rings. The number of nitrogens with zero attached hydrogens (tertiary/aromatic N) is 1.